The minimum Gasteiger partial charge on any atom is -0.371 e. The van der Waals surface area contributed by atoms with Gasteiger partial charge in [-0.25, -0.2) is 0 Å². The highest BCUT2D eigenvalue weighted by atomic mass is 32.2. The van der Waals surface area contributed by atoms with Crippen molar-refractivity contribution in [2.24, 2.45) is 5.92 Å². The molecule has 3 aliphatic rings. The van der Waals surface area contributed by atoms with E-state index in [4.69, 9.17) is 4.74 Å². The molecule has 8 nitrogen and oxygen atoms in total. The second kappa shape index (κ2) is 6.29. The summed E-state index contributed by atoms with van der Waals surface area (Å²) in [5, 5.41) is 0. The van der Waals surface area contributed by atoms with E-state index in [9.17, 15) is 13.2 Å². The number of hydrogen-bond acceptors (Lipinski definition) is 5. The maximum atomic E-state index is 12.8. The van der Waals surface area contributed by atoms with Crippen LogP contribution in [0, 0.1) is 5.92 Å². The predicted octanol–water partition coefficient (Wildman–Crippen LogP) is -1.34. The fourth-order valence-corrected chi connectivity index (χ4v) is 4.72. The van der Waals surface area contributed by atoms with Gasteiger partial charge < -0.3 is 14.5 Å². The van der Waals surface area contributed by atoms with Crippen molar-refractivity contribution in [2.45, 2.75) is 18.6 Å². The molecule has 3 saturated heterocycles. The standard InChI is InChI=1S/C14H26N4O4S/c1-15(2)23(20,21)18-9-11-8-12(13(10-18)22-11)14(19)17-6-4-16(3)5-7-17/h11-13H,4-10H2,1-3H3/t11-,12+,13+/m0/s1. The molecule has 0 aromatic carbocycles. The van der Waals surface area contributed by atoms with E-state index < -0.39 is 10.2 Å². The molecular formula is C14H26N4O4S. The fourth-order valence-electron chi connectivity index (χ4n) is 3.56. The van der Waals surface area contributed by atoms with Crippen LogP contribution in [0.25, 0.3) is 0 Å². The first-order valence-corrected chi connectivity index (χ1v) is 9.49. The van der Waals surface area contributed by atoms with Gasteiger partial charge in [0.2, 0.25) is 5.91 Å². The first kappa shape index (κ1) is 17.1. The molecule has 3 heterocycles. The van der Waals surface area contributed by atoms with Crippen molar-refractivity contribution >= 4 is 16.1 Å². The molecular weight excluding hydrogens is 320 g/mol. The van der Waals surface area contributed by atoms with E-state index in [0.29, 0.717) is 13.0 Å². The molecule has 3 aliphatic heterocycles. The Bertz CT molecular complexity index is 559. The number of carbonyl (C=O) groups is 1. The van der Waals surface area contributed by atoms with Gasteiger partial charge in [-0.15, -0.1) is 0 Å². The highest BCUT2D eigenvalue weighted by Gasteiger charge is 2.48. The van der Waals surface area contributed by atoms with E-state index in [1.54, 1.807) is 0 Å². The van der Waals surface area contributed by atoms with Crippen LogP contribution in [0.4, 0.5) is 0 Å². The third-order valence-corrected chi connectivity index (χ3v) is 6.92. The van der Waals surface area contributed by atoms with Crippen LogP contribution in [0.5, 0.6) is 0 Å². The van der Waals surface area contributed by atoms with Crippen molar-refractivity contribution in [2.75, 3.05) is 60.4 Å². The van der Waals surface area contributed by atoms with E-state index in [2.05, 4.69) is 11.9 Å². The van der Waals surface area contributed by atoms with Gasteiger partial charge in [0.15, 0.2) is 0 Å². The normalized spacial score (nSPS) is 33.4. The molecule has 3 atom stereocenters. The smallest absolute Gasteiger partial charge is 0.281 e. The van der Waals surface area contributed by atoms with Gasteiger partial charge in [0, 0.05) is 53.4 Å². The maximum Gasteiger partial charge on any atom is 0.281 e. The van der Waals surface area contributed by atoms with Crippen molar-refractivity contribution in [3.63, 3.8) is 0 Å². The van der Waals surface area contributed by atoms with Crippen molar-refractivity contribution in [1.29, 1.82) is 0 Å². The highest BCUT2D eigenvalue weighted by Crippen LogP contribution is 2.34. The Kier molecular flexibility index (Phi) is 4.67. The Labute approximate surface area is 138 Å². The summed E-state index contributed by atoms with van der Waals surface area (Å²) >= 11 is 0. The summed E-state index contributed by atoms with van der Waals surface area (Å²) in [4.78, 5) is 16.9. The molecule has 0 aromatic rings. The lowest BCUT2D eigenvalue weighted by Crippen LogP contribution is -2.53. The minimum absolute atomic E-state index is 0.120. The Morgan fingerprint density at radius 1 is 1.13 bits per heavy atom. The fraction of sp³-hybridized carbons (Fsp3) is 0.929. The summed E-state index contributed by atoms with van der Waals surface area (Å²) < 4.78 is 33.2. The zero-order valence-electron chi connectivity index (χ0n) is 14.0. The lowest BCUT2D eigenvalue weighted by molar-refractivity contribution is -0.139. The van der Waals surface area contributed by atoms with Gasteiger partial charge in [-0.2, -0.15) is 17.0 Å². The van der Waals surface area contributed by atoms with Crippen LogP contribution < -0.4 is 0 Å². The molecule has 23 heavy (non-hydrogen) atoms. The van der Waals surface area contributed by atoms with E-state index in [0.717, 1.165) is 26.2 Å². The average molecular weight is 346 g/mol. The number of likely N-dealkylation sites (N-methyl/N-ethyl adjacent to an activating group) is 1. The lowest BCUT2D eigenvalue weighted by Gasteiger charge is -2.36. The largest absolute Gasteiger partial charge is 0.371 e. The lowest BCUT2D eigenvalue weighted by atomic mass is 9.98. The van der Waals surface area contributed by atoms with Crippen LogP contribution in [0.15, 0.2) is 0 Å². The number of nitrogens with zero attached hydrogens (tertiary/aromatic N) is 4. The SMILES string of the molecule is CN1CCN(C(=O)[C@@H]2C[C@H]3CN(S(=O)(=O)N(C)C)C[C@H]2O3)CC1. The third kappa shape index (κ3) is 3.25. The quantitative estimate of drug-likeness (QED) is 0.632. The van der Waals surface area contributed by atoms with Crippen molar-refractivity contribution < 1.29 is 17.9 Å². The molecule has 0 unspecified atom stereocenters. The van der Waals surface area contributed by atoms with Crippen LogP contribution in [0.2, 0.25) is 0 Å². The van der Waals surface area contributed by atoms with Crippen LogP contribution >= 0.6 is 0 Å². The van der Waals surface area contributed by atoms with Crippen LogP contribution in [0.3, 0.4) is 0 Å². The Morgan fingerprint density at radius 3 is 2.39 bits per heavy atom. The van der Waals surface area contributed by atoms with E-state index in [1.165, 1.54) is 22.7 Å². The number of fused-ring (bicyclic) bond motifs is 2. The number of piperazine rings is 1. The Morgan fingerprint density at radius 2 is 1.78 bits per heavy atom. The second-order valence-corrected chi connectivity index (χ2v) is 9.02. The first-order valence-electron chi connectivity index (χ1n) is 8.09. The minimum atomic E-state index is -3.45. The highest BCUT2D eigenvalue weighted by molar-refractivity contribution is 7.86. The molecule has 0 aromatic heterocycles. The monoisotopic (exact) mass is 346 g/mol. The zero-order chi connectivity index (χ0) is 16.8. The summed E-state index contributed by atoms with van der Waals surface area (Å²) in [6.07, 6.45) is 0.121. The van der Waals surface area contributed by atoms with E-state index in [1.807, 2.05) is 4.90 Å². The number of amides is 1. The topological polar surface area (TPSA) is 73.4 Å². The summed E-state index contributed by atoms with van der Waals surface area (Å²) in [6.45, 7) is 3.85. The van der Waals surface area contributed by atoms with Gasteiger partial charge in [-0.3, -0.25) is 4.79 Å². The summed E-state index contributed by atoms with van der Waals surface area (Å²) in [5.74, 6) is -0.0968. The third-order valence-electron chi connectivity index (χ3n) is 5.04. The zero-order valence-corrected chi connectivity index (χ0v) is 14.8. The number of morpholine rings is 1. The molecule has 0 aliphatic carbocycles. The van der Waals surface area contributed by atoms with Gasteiger partial charge in [-0.1, -0.05) is 0 Å². The Balaban J connectivity index is 1.67. The van der Waals surface area contributed by atoms with Crippen LogP contribution in [-0.2, 0) is 19.7 Å². The summed E-state index contributed by atoms with van der Waals surface area (Å²) in [7, 11) is 1.66. The molecule has 9 heteroatoms. The van der Waals surface area contributed by atoms with Crippen molar-refractivity contribution in [3.05, 3.63) is 0 Å². The second-order valence-electron chi connectivity index (χ2n) is 6.87. The van der Waals surface area contributed by atoms with E-state index in [-0.39, 0.29) is 30.6 Å². The number of hydrogen-bond donors (Lipinski definition) is 0. The van der Waals surface area contributed by atoms with Gasteiger partial charge in [0.05, 0.1) is 18.1 Å². The van der Waals surface area contributed by atoms with Crippen LogP contribution in [-0.4, -0.2) is 105 Å². The van der Waals surface area contributed by atoms with Crippen molar-refractivity contribution in [1.82, 2.24) is 18.4 Å². The van der Waals surface area contributed by atoms with Crippen LogP contribution in [0.1, 0.15) is 6.42 Å². The van der Waals surface area contributed by atoms with Gasteiger partial charge in [-0.05, 0) is 13.5 Å². The summed E-state index contributed by atoms with van der Waals surface area (Å²) in [5.41, 5.74) is 0. The molecule has 132 valence electrons. The van der Waals surface area contributed by atoms with Gasteiger partial charge in [0.25, 0.3) is 10.2 Å². The molecule has 1 amide bonds. The van der Waals surface area contributed by atoms with E-state index >= 15 is 0 Å². The van der Waals surface area contributed by atoms with Gasteiger partial charge in [0.1, 0.15) is 0 Å². The van der Waals surface area contributed by atoms with Gasteiger partial charge >= 0.3 is 0 Å². The molecule has 2 bridgehead atoms. The first-order chi connectivity index (χ1) is 10.8. The van der Waals surface area contributed by atoms with Crippen molar-refractivity contribution in [3.8, 4) is 0 Å². The Hall–Kier alpha value is -0.740. The number of carbonyl (C=O) groups excluding carboxylic acids is 1. The average Bonchev–Trinajstić information content (AvgIpc) is 2.81. The molecule has 0 spiro atoms. The molecule has 0 saturated carbocycles. The summed E-state index contributed by atoms with van der Waals surface area (Å²) in [6, 6.07) is 0. The number of rotatable bonds is 3. The molecule has 0 N–H and O–H groups in total. The molecule has 3 fully saturated rings. The predicted molar refractivity (Wildman–Crippen MR) is 85.0 cm³/mol. The molecule has 3 rings (SSSR count). The maximum absolute atomic E-state index is 12.8. The number of ether oxygens (including phenoxy) is 1. The molecule has 0 radical (unpaired) electrons.